The SMILES string of the molecule is CCC(CC)n1ncc(C)c1NC(=O)NC1CCCNC1=O. The molecule has 0 radical (unpaired) electrons. The molecule has 0 spiro atoms. The van der Waals surface area contributed by atoms with E-state index < -0.39 is 6.04 Å². The number of hydrogen-bond donors (Lipinski definition) is 3. The lowest BCUT2D eigenvalue weighted by Gasteiger charge is -2.23. The van der Waals surface area contributed by atoms with Gasteiger partial charge < -0.3 is 10.6 Å². The highest BCUT2D eigenvalue weighted by molar-refractivity contribution is 5.93. The fraction of sp³-hybridized carbons (Fsp3) is 0.667. The van der Waals surface area contributed by atoms with Crippen molar-refractivity contribution < 1.29 is 9.59 Å². The summed E-state index contributed by atoms with van der Waals surface area (Å²) in [5, 5.41) is 12.7. The molecule has 2 rings (SSSR count). The molecule has 7 heteroatoms. The highest BCUT2D eigenvalue weighted by Gasteiger charge is 2.24. The molecule has 3 amide bonds. The van der Waals surface area contributed by atoms with Gasteiger partial charge >= 0.3 is 6.03 Å². The lowest BCUT2D eigenvalue weighted by atomic mass is 10.1. The number of hydrogen-bond acceptors (Lipinski definition) is 3. The first-order valence-electron chi connectivity index (χ1n) is 7.96. The summed E-state index contributed by atoms with van der Waals surface area (Å²) in [6.07, 6.45) is 5.19. The maximum Gasteiger partial charge on any atom is 0.321 e. The van der Waals surface area contributed by atoms with Gasteiger partial charge in [-0.3, -0.25) is 10.1 Å². The normalized spacial score (nSPS) is 18.2. The van der Waals surface area contributed by atoms with E-state index in [4.69, 9.17) is 0 Å². The van der Waals surface area contributed by atoms with E-state index in [9.17, 15) is 9.59 Å². The summed E-state index contributed by atoms with van der Waals surface area (Å²) in [7, 11) is 0. The molecule has 22 heavy (non-hydrogen) atoms. The molecule has 1 aliphatic rings. The van der Waals surface area contributed by atoms with E-state index in [2.05, 4.69) is 34.9 Å². The molecular weight excluding hydrogens is 282 g/mol. The van der Waals surface area contributed by atoms with Gasteiger partial charge in [0.25, 0.3) is 0 Å². The molecule has 1 aromatic rings. The van der Waals surface area contributed by atoms with Crippen LogP contribution >= 0.6 is 0 Å². The van der Waals surface area contributed by atoms with Gasteiger partial charge in [0.05, 0.1) is 12.2 Å². The van der Waals surface area contributed by atoms with E-state index in [1.807, 2.05) is 11.6 Å². The van der Waals surface area contributed by atoms with Gasteiger partial charge in [0.1, 0.15) is 11.9 Å². The zero-order valence-corrected chi connectivity index (χ0v) is 13.5. The molecule has 2 heterocycles. The molecule has 1 fully saturated rings. The van der Waals surface area contributed by atoms with Crippen LogP contribution in [0.4, 0.5) is 10.6 Å². The van der Waals surface area contributed by atoms with Crippen LogP contribution in [0.1, 0.15) is 51.1 Å². The molecule has 122 valence electrons. The molecule has 0 saturated carbocycles. The van der Waals surface area contributed by atoms with Gasteiger partial charge in [0.2, 0.25) is 5.91 Å². The Morgan fingerprint density at radius 1 is 1.50 bits per heavy atom. The number of carbonyl (C=O) groups excluding carboxylic acids is 2. The fourth-order valence-corrected chi connectivity index (χ4v) is 2.73. The van der Waals surface area contributed by atoms with E-state index in [1.165, 1.54) is 0 Å². The maximum absolute atomic E-state index is 12.2. The molecule has 0 aliphatic carbocycles. The minimum atomic E-state index is -0.460. The van der Waals surface area contributed by atoms with Crippen LogP contribution in [0.3, 0.4) is 0 Å². The summed E-state index contributed by atoms with van der Waals surface area (Å²) in [5.74, 6) is 0.578. The van der Waals surface area contributed by atoms with Gasteiger partial charge in [-0.1, -0.05) is 13.8 Å². The Bertz CT molecular complexity index is 536. The largest absolute Gasteiger partial charge is 0.354 e. The van der Waals surface area contributed by atoms with Crippen LogP contribution in [-0.2, 0) is 4.79 Å². The zero-order chi connectivity index (χ0) is 16.1. The molecule has 1 atom stereocenters. The average Bonchev–Trinajstić information content (AvgIpc) is 2.85. The molecule has 0 bridgehead atoms. The van der Waals surface area contributed by atoms with Gasteiger partial charge in [0, 0.05) is 12.1 Å². The Hall–Kier alpha value is -2.05. The number of anilines is 1. The molecule has 1 unspecified atom stereocenters. The van der Waals surface area contributed by atoms with Crippen LogP contribution in [0.2, 0.25) is 0 Å². The molecule has 3 N–H and O–H groups in total. The van der Waals surface area contributed by atoms with Crippen molar-refractivity contribution >= 4 is 17.8 Å². The van der Waals surface area contributed by atoms with Crippen LogP contribution in [0.5, 0.6) is 0 Å². The van der Waals surface area contributed by atoms with Crippen molar-refractivity contribution in [3.63, 3.8) is 0 Å². The van der Waals surface area contributed by atoms with Crippen molar-refractivity contribution in [2.45, 2.75) is 58.5 Å². The molecule has 7 nitrogen and oxygen atoms in total. The van der Waals surface area contributed by atoms with E-state index >= 15 is 0 Å². The highest BCUT2D eigenvalue weighted by atomic mass is 16.2. The molecule has 1 aromatic heterocycles. The Morgan fingerprint density at radius 2 is 2.23 bits per heavy atom. The van der Waals surface area contributed by atoms with Crippen LogP contribution in [0.25, 0.3) is 0 Å². The topological polar surface area (TPSA) is 88.1 Å². The van der Waals surface area contributed by atoms with Crippen molar-refractivity contribution in [1.82, 2.24) is 20.4 Å². The van der Waals surface area contributed by atoms with Gasteiger partial charge in [-0.15, -0.1) is 0 Å². The second-order valence-corrected chi connectivity index (χ2v) is 5.68. The molecule has 0 aromatic carbocycles. The lowest BCUT2D eigenvalue weighted by molar-refractivity contribution is -0.124. The number of rotatable bonds is 5. The third kappa shape index (κ3) is 3.58. The minimum absolute atomic E-state index is 0.119. The number of carbonyl (C=O) groups is 2. The van der Waals surface area contributed by atoms with Crippen molar-refractivity contribution in [3.8, 4) is 0 Å². The first-order valence-corrected chi connectivity index (χ1v) is 7.96. The lowest BCUT2D eigenvalue weighted by Crippen LogP contribution is -2.51. The smallest absolute Gasteiger partial charge is 0.321 e. The number of aryl methyl sites for hydroxylation is 1. The van der Waals surface area contributed by atoms with Gasteiger partial charge in [-0.25, -0.2) is 9.48 Å². The minimum Gasteiger partial charge on any atom is -0.354 e. The summed E-state index contributed by atoms with van der Waals surface area (Å²) in [6, 6.07) is -0.571. The standard InChI is InChI=1S/C15H25N5O2/c1-4-11(5-2)20-13(10(3)9-17-20)19-15(22)18-12-7-6-8-16-14(12)21/h9,11-12H,4-8H2,1-3H3,(H,16,21)(H2,18,19,22). The van der Waals surface area contributed by atoms with Crippen LogP contribution in [0.15, 0.2) is 6.20 Å². The Morgan fingerprint density at radius 3 is 2.86 bits per heavy atom. The number of nitrogens with one attached hydrogen (secondary N) is 3. The number of aromatic nitrogens is 2. The number of nitrogens with zero attached hydrogens (tertiary/aromatic N) is 2. The van der Waals surface area contributed by atoms with E-state index in [-0.39, 0.29) is 18.0 Å². The first kappa shape index (κ1) is 16.3. The summed E-state index contributed by atoms with van der Waals surface area (Å²) < 4.78 is 1.86. The zero-order valence-electron chi connectivity index (χ0n) is 13.5. The predicted octanol–water partition coefficient (Wildman–Crippen LogP) is 1.95. The van der Waals surface area contributed by atoms with Crippen molar-refractivity contribution in [2.24, 2.45) is 0 Å². The summed E-state index contributed by atoms with van der Waals surface area (Å²) in [5.41, 5.74) is 0.912. The summed E-state index contributed by atoms with van der Waals surface area (Å²) in [4.78, 5) is 23.9. The number of amides is 3. The summed E-state index contributed by atoms with van der Waals surface area (Å²) in [6.45, 7) is 6.79. The molecule has 1 aliphatic heterocycles. The van der Waals surface area contributed by atoms with E-state index in [1.54, 1.807) is 6.20 Å². The van der Waals surface area contributed by atoms with Crippen molar-refractivity contribution in [2.75, 3.05) is 11.9 Å². The van der Waals surface area contributed by atoms with Crippen molar-refractivity contribution in [3.05, 3.63) is 11.8 Å². The fourth-order valence-electron chi connectivity index (χ4n) is 2.73. The van der Waals surface area contributed by atoms with Gasteiger partial charge in [-0.05, 0) is 32.6 Å². The van der Waals surface area contributed by atoms with Crippen LogP contribution in [-0.4, -0.2) is 34.3 Å². The third-order valence-electron chi connectivity index (χ3n) is 4.09. The highest BCUT2D eigenvalue weighted by Crippen LogP contribution is 2.23. The average molecular weight is 307 g/mol. The van der Waals surface area contributed by atoms with Crippen LogP contribution in [0, 0.1) is 6.92 Å². The monoisotopic (exact) mass is 307 g/mol. The maximum atomic E-state index is 12.2. The Balaban J connectivity index is 2.05. The molecular formula is C15H25N5O2. The van der Waals surface area contributed by atoms with E-state index in [0.717, 1.165) is 24.8 Å². The van der Waals surface area contributed by atoms with Crippen molar-refractivity contribution in [1.29, 1.82) is 0 Å². The van der Waals surface area contributed by atoms with Gasteiger partial charge in [0.15, 0.2) is 0 Å². The quantitative estimate of drug-likeness (QED) is 0.777. The first-order chi connectivity index (χ1) is 10.6. The summed E-state index contributed by atoms with van der Waals surface area (Å²) >= 11 is 0. The third-order valence-corrected chi connectivity index (χ3v) is 4.09. The molecule has 1 saturated heterocycles. The Kier molecular flexibility index (Phi) is 5.41. The van der Waals surface area contributed by atoms with Crippen LogP contribution < -0.4 is 16.0 Å². The Labute approximate surface area is 130 Å². The predicted molar refractivity (Wildman–Crippen MR) is 84.8 cm³/mol. The second-order valence-electron chi connectivity index (χ2n) is 5.68. The van der Waals surface area contributed by atoms with Gasteiger partial charge in [-0.2, -0.15) is 5.10 Å². The van der Waals surface area contributed by atoms with E-state index in [0.29, 0.717) is 18.8 Å². The number of urea groups is 1. The second kappa shape index (κ2) is 7.29. The number of piperidine rings is 1.